The maximum Gasteiger partial charge on any atom is 0.0656 e. The van der Waals surface area contributed by atoms with Crippen molar-refractivity contribution in [1.29, 1.82) is 0 Å². The molecule has 2 bridgehead atoms. The topological polar surface area (TPSA) is 9.23 Å². The van der Waals surface area contributed by atoms with Crippen LogP contribution in [0.15, 0.2) is 12.2 Å². The molecule has 0 aromatic heterocycles. The van der Waals surface area contributed by atoms with E-state index in [1.807, 2.05) is 7.11 Å². The molecule has 2 aliphatic rings. The highest BCUT2D eigenvalue weighted by molar-refractivity contribution is 5.12. The van der Waals surface area contributed by atoms with Gasteiger partial charge in [0.25, 0.3) is 0 Å². The third-order valence-electron chi connectivity index (χ3n) is 3.70. The summed E-state index contributed by atoms with van der Waals surface area (Å²) in [5.41, 5.74) is 0.0736. The summed E-state index contributed by atoms with van der Waals surface area (Å²) < 4.78 is 5.54. The molecule has 0 spiro atoms. The maximum absolute atomic E-state index is 5.54. The van der Waals surface area contributed by atoms with Gasteiger partial charge in [0.2, 0.25) is 0 Å². The minimum atomic E-state index is 0.0736. The molecule has 1 heteroatoms. The quantitative estimate of drug-likeness (QED) is 0.573. The first kappa shape index (κ1) is 8.31. The van der Waals surface area contributed by atoms with Crippen LogP contribution in [0.25, 0.3) is 0 Å². The average molecular weight is 166 g/mol. The molecule has 0 unspecified atom stereocenters. The van der Waals surface area contributed by atoms with Gasteiger partial charge in [-0.1, -0.05) is 12.2 Å². The fraction of sp³-hybridized carbons (Fsp3) is 0.818. The molecular weight excluding hydrogens is 148 g/mol. The molecule has 0 aliphatic heterocycles. The molecule has 0 radical (unpaired) electrons. The van der Waals surface area contributed by atoms with E-state index in [4.69, 9.17) is 4.74 Å². The van der Waals surface area contributed by atoms with Gasteiger partial charge in [-0.3, -0.25) is 0 Å². The molecule has 1 nitrogen and oxygen atoms in total. The third kappa shape index (κ3) is 1.11. The monoisotopic (exact) mass is 166 g/mol. The Labute approximate surface area is 74.8 Å². The van der Waals surface area contributed by atoms with Crippen LogP contribution >= 0.6 is 0 Å². The van der Waals surface area contributed by atoms with Gasteiger partial charge in [0.15, 0.2) is 0 Å². The molecule has 2 aliphatic carbocycles. The molecule has 0 N–H and O–H groups in total. The molecule has 12 heavy (non-hydrogen) atoms. The van der Waals surface area contributed by atoms with Crippen LogP contribution in [0.1, 0.15) is 26.7 Å². The molecule has 1 fully saturated rings. The number of methoxy groups -OCH3 is 1. The molecule has 2 rings (SSSR count). The van der Waals surface area contributed by atoms with E-state index in [1.54, 1.807) is 0 Å². The first-order valence-corrected chi connectivity index (χ1v) is 4.87. The van der Waals surface area contributed by atoms with Gasteiger partial charge >= 0.3 is 0 Å². The first-order chi connectivity index (χ1) is 5.63. The molecule has 0 amide bonds. The van der Waals surface area contributed by atoms with Crippen LogP contribution in [-0.2, 0) is 4.74 Å². The molecule has 1 saturated carbocycles. The van der Waals surface area contributed by atoms with Gasteiger partial charge in [-0.2, -0.15) is 0 Å². The van der Waals surface area contributed by atoms with Crippen LogP contribution in [0, 0.1) is 17.8 Å². The van der Waals surface area contributed by atoms with Crippen LogP contribution in [0.2, 0.25) is 0 Å². The SMILES string of the molecule is COC(C)(C)[C@H]1C[C@H]2C=C[C@@H]1C2. The second-order valence-corrected chi connectivity index (χ2v) is 4.69. The predicted octanol–water partition coefficient (Wildman–Crippen LogP) is 2.62. The fourth-order valence-electron chi connectivity index (χ4n) is 2.73. The zero-order valence-corrected chi connectivity index (χ0v) is 8.21. The van der Waals surface area contributed by atoms with Gasteiger partial charge in [0, 0.05) is 7.11 Å². The van der Waals surface area contributed by atoms with Crippen LogP contribution in [-0.4, -0.2) is 12.7 Å². The normalized spacial score (nSPS) is 39.4. The highest BCUT2D eigenvalue weighted by Crippen LogP contribution is 2.48. The van der Waals surface area contributed by atoms with E-state index in [1.165, 1.54) is 12.8 Å². The number of rotatable bonds is 2. The minimum Gasteiger partial charge on any atom is -0.379 e. The molecule has 0 heterocycles. The summed E-state index contributed by atoms with van der Waals surface area (Å²) in [6.07, 6.45) is 7.48. The summed E-state index contributed by atoms with van der Waals surface area (Å²) >= 11 is 0. The van der Waals surface area contributed by atoms with Crippen molar-refractivity contribution in [2.75, 3.05) is 7.11 Å². The first-order valence-electron chi connectivity index (χ1n) is 4.87. The van der Waals surface area contributed by atoms with Crippen molar-refractivity contribution in [3.05, 3.63) is 12.2 Å². The molecule has 68 valence electrons. The molecule has 0 aromatic rings. The molecule has 0 saturated heterocycles. The summed E-state index contributed by atoms with van der Waals surface area (Å²) in [6, 6.07) is 0. The Morgan fingerprint density at radius 1 is 1.25 bits per heavy atom. The average Bonchev–Trinajstić information content (AvgIpc) is 2.64. The third-order valence-corrected chi connectivity index (χ3v) is 3.70. The standard InChI is InChI=1S/C11H18O/c1-11(2,12-3)10-7-8-4-5-9(10)6-8/h4-5,8-10H,6-7H2,1-3H3/t8-,9+,10-/m0/s1. The Morgan fingerprint density at radius 2 is 2.00 bits per heavy atom. The lowest BCUT2D eigenvalue weighted by Gasteiger charge is -2.34. The predicted molar refractivity (Wildman–Crippen MR) is 49.9 cm³/mol. The Bertz CT molecular complexity index is 205. The van der Waals surface area contributed by atoms with Gasteiger partial charge < -0.3 is 4.74 Å². The number of hydrogen-bond acceptors (Lipinski definition) is 1. The Kier molecular flexibility index (Phi) is 1.80. The van der Waals surface area contributed by atoms with Gasteiger partial charge in [-0.15, -0.1) is 0 Å². The maximum atomic E-state index is 5.54. The summed E-state index contributed by atoms with van der Waals surface area (Å²) in [4.78, 5) is 0. The summed E-state index contributed by atoms with van der Waals surface area (Å²) in [6.45, 7) is 4.43. The highest BCUT2D eigenvalue weighted by atomic mass is 16.5. The molecule has 0 aromatic carbocycles. The smallest absolute Gasteiger partial charge is 0.0656 e. The second-order valence-electron chi connectivity index (χ2n) is 4.69. The van der Waals surface area contributed by atoms with E-state index in [0.717, 1.165) is 17.8 Å². The second kappa shape index (κ2) is 2.59. The lowest BCUT2D eigenvalue weighted by Crippen LogP contribution is -2.35. The summed E-state index contributed by atoms with van der Waals surface area (Å²) in [5.74, 6) is 2.40. The van der Waals surface area contributed by atoms with Crippen molar-refractivity contribution in [3.63, 3.8) is 0 Å². The van der Waals surface area contributed by atoms with E-state index in [-0.39, 0.29) is 5.60 Å². The Balaban J connectivity index is 2.12. The zero-order chi connectivity index (χ0) is 8.77. The number of hydrogen-bond donors (Lipinski definition) is 0. The number of ether oxygens (including phenoxy) is 1. The number of allylic oxidation sites excluding steroid dienone is 2. The van der Waals surface area contributed by atoms with E-state index in [0.29, 0.717) is 0 Å². The lowest BCUT2D eigenvalue weighted by atomic mass is 9.81. The van der Waals surface area contributed by atoms with E-state index in [2.05, 4.69) is 26.0 Å². The van der Waals surface area contributed by atoms with Crippen molar-refractivity contribution in [1.82, 2.24) is 0 Å². The van der Waals surface area contributed by atoms with Crippen LogP contribution in [0.3, 0.4) is 0 Å². The van der Waals surface area contributed by atoms with Crippen LogP contribution < -0.4 is 0 Å². The van der Waals surface area contributed by atoms with Crippen molar-refractivity contribution in [2.45, 2.75) is 32.3 Å². The molecule has 3 atom stereocenters. The van der Waals surface area contributed by atoms with Crippen molar-refractivity contribution < 1.29 is 4.74 Å². The summed E-state index contributed by atoms with van der Waals surface area (Å²) in [5, 5.41) is 0. The zero-order valence-electron chi connectivity index (χ0n) is 8.21. The van der Waals surface area contributed by atoms with Crippen molar-refractivity contribution in [3.8, 4) is 0 Å². The van der Waals surface area contributed by atoms with Crippen molar-refractivity contribution >= 4 is 0 Å². The van der Waals surface area contributed by atoms with Crippen molar-refractivity contribution in [2.24, 2.45) is 17.8 Å². The van der Waals surface area contributed by atoms with Gasteiger partial charge in [-0.25, -0.2) is 0 Å². The lowest BCUT2D eigenvalue weighted by molar-refractivity contribution is -0.0366. The van der Waals surface area contributed by atoms with Crippen LogP contribution in [0.4, 0.5) is 0 Å². The highest BCUT2D eigenvalue weighted by Gasteiger charge is 2.43. The van der Waals surface area contributed by atoms with Gasteiger partial charge in [0.1, 0.15) is 0 Å². The Morgan fingerprint density at radius 3 is 2.42 bits per heavy atom. The van der Waals surface area contributed by atoms with E-state index >= 15 is 0 Å². The van der Waals surface area contributed by atoms with Gasteiger partial charge in [-0.05, 0) is 44.4 Å². The molecular formula is C11H18O. The minimum absolute atomic E-state index is 0.0736. The fourth-order valence-corrected chi connectivity index (χ4v) is 2.73. The number of fused-ring (bicyclic) bond motifs is 2. The Hall–Kier alpha value is -0.300. The van der Waals surface area contributed by atoms with Crippen LogP contribution in [0.5, 0.6) is 0 Å². The van der Waals surface area contributed by atoms with Gasteiger partial charge in [0.05, 0.1) is 5.60 Å². The summed E-state index contributed by atoms with van der Waals surface area (Å²) in [7, 11) is 1.83. The van der Waals surface area contributed by atoms with E-state index in [9.17, 15) is 0 Å². The van der Waals surface area contributed by atoms with E-state index < -0.39 is 0 Å². The largest absolute Gasteiger partial charge is 0.379 e.